The number of pyridine rings is 1. The number of aromatic amines is 1. The molecule has 0 saturated heterocycles. The number of hydrogen-bond acceptors (Lipinski definition) is 5. The van der Waals surface area contributed by atoms with E-state index in [2.05, 4.69) is 30.0 Å². The van der Waals surface area contributed by atoms with Gasteiger partial charge in [-0.3, -0.25) is 0 Å². The Morgan fingerprint density at radius 1 is 1.00 bits per heavy atom. The topological polar surface area (TPSA) is 75.7 Å². The van der Waals surface area contributed by atoms with Gasteiger partial charge in [0.2, 0.25) is 5.95 Å². The summed E-state index contributed by atoms with van der Waals surface area (Å²) in [6, 6.07) is 9.92. The van der Waals surface area contributed by atoms with Crippen molar-refractivity contribution in [2.24, 2.45) is 0 Å². The maximum atomic E-state index is 12.4. The third-order valence-corrected chi connectivity index (χ3v) is 5.57. The minimum atomic E-state index is -4.72. The SMILES string of the molecule is FC(F)(F)Oc1ccc(-c2cnc3[nH]cc(-c4ccnc(NC5CCCC5)n4)c3c2)cc1. The lowest BCUT2D eigenvalue weighted by Crippen LogP contribution is -2.16. The lowest BCUT2D eigenvalue weighted by Gasteiger charge is -2.12. The van der Waals surface area contributed by atoms with E-state index < -0.39 is 6.36 Å². The Kier molecular flexibility index (Phi) is 5.16. The van der Waals surface area contributed by atoms with Crippen molar-refractivity contribution in [2.45, 2.75) is 38.1 Å². The molecule has 0 atom stereocenters. The van der Waals surface area contributed by atoms with Crippen LogP contribution in [0.5, 0.6) is 5.75 Å². The molecule has 0 bridgehead atoms. The van der Waals surface area contributed by atoms with Gasteiger partial charge in [-0.05, 0) is 42.7 Å². The number of hydrogen-bond donors (Lipinski definition) is 2. The molecule has 9 heteroatoms. The van der Waals surface area contributed by atoms with E-state index in [1.165, 1.54) is 25.0 Å². The van der Waals surface area contributed by atoms with Crippen molar-refractivity contribution in [1.29, 1.82) is 0 Å². The number of H-pyrrole nitrogens is 1. The van der Waals surface area contributed by atoms with Crippen LogP contribution in [0.15, 0.2) is 55.0 Å². The quantitative estimate of drug-likeness (QED) is 0.403. The minimum absolute atomic E-state index is 0.263. The molecular weight excluding hydrogens is 419 g/mol. The van der Waals surface area contributed by atoms with Gasteiger partial charge in [0.15, 0.2) is 0 Å². The van der Waals surface area contributed by atoms with Crippen LogP contribution >= 0.6 is 0 Å². The highest BCUT2D eigenvalue weighted by Gasteiger charge is 2.31. The van der Waals surface area contributed by atoms with E-state index in [0.717, 1.165) is 40.6 Å². The average Bonchev–Trinajstić information content (AvgIpc) is 3.43. The van der Waals surface area contributed by atoms with E-state index in [1.807, 2.05) is 18.3 Å². The van der Waals surface area contributed by atoms with E-state index >= 15 is 0 Å². The number of alkyl halides is 3. The molecule has 6 nitrogen and oxygen atoms in total. The zero-order valence-corrected chi connectivity index (χ0v) is 17.0. The van der Waals surface area contributed by atoms with E-state index in [1.54, 1.807) is 24.5 Å². The number of halogens is 3. The van der Waals surface area contributed by atoms with Gasteiger partial charge in [0.05, 0.1) is 5.69 Å². The fraction of sp³-hybridized carbons (Fsp3) is 0.261. The summed E-state index contributed by atoms with van der Waals surface area (Å²) in [7, 11) is 0. The largest absolute Gasteiger partial charge is 0.573 e. The predicted molar refractivity (Wildman–Crippen MR) is 115 cm³/mol. The van der Waals surface area contributed by atoms with Crippen molar-refractivity contribution in [3.05, 3.63) is 55.0 Å². The Bertz CT molecular complexity index is 1230. The highest BCUT2D eigenvalue weighted by molar-refractivity contribution is 5.95. The van der Waals surface area contributed by atoms with Crippen molar-refractivity contribution in [1.82, 2.24) is 19.9 Å². The van der Waals surface area contributed by atoms with E-state index in [0.29, 0.717) is 17.6 Å². The highest BCUT2D eigenvalue weighted by atomic mass is 19.4. The van der Waals surface area contributed by atoms with Crippen molar-refractivity contribution in [3.8, 4) is 28.1 Å². The molecule has 2 N–H and O–H groups in total. The first kappa shape index (κ1) is 20.3. The Hall–Kier alpha value is -3.62. The lowest BCUT2D eigenvalue weighted by molar-refractivity contribution is -0.274. The Labute approximate surface area is 181 Å². The Morgan fingerprint density at radius 3 is 2.53 bits per heavy atom. The summed E-state index contributed by atoms with van der Waals surface area (Å²) in [5.74, 6) is 0.342. The van der Waals surface area contributed by atoms with Gasteiger partial charge in [-0.15, -0.1) is 13.2 Å². The second kappa shape index (κ2) is 8.14. The number of nitrogens with one attached hydrogen (secondary N) is 2. The van der Waals surface area contributed by atoms with Crippen molar-refractivity contribution >= 4 is 17.0 Å². The first-order valence-electron chi connectivity index (χ1n) is 10.4. The molecule has 32 heavy (non-hydrogen) atoms. The van der Waals surface area contributed by atoms with Gasteiger partial charge in [-0.1, -0.05) is 25.0 Å². The number of aromatic nitrogens is 4. The molecule has 1 aliphatic rings. The highest BCUT2D eigenvalue weighted by Crippen LogP contribution is 2.32. The predicted octanol–water partition coefficient (Wildman–Crippen LogP) is 5.94. The van der Waals surface area contributed by atoms with Crippen molar-refractivity contribution in [2.75, 3.05) is 5.32 Å². The fourth-order valence-corrected chi connectivity index (χ4v) is 4.05. The van der Waals surface area contributed by atoms with Crippen molar-refractivity contribution < 1.29 is 17.9 Å². The second-order valence-corrected chi connectivity index (χ2v) is 7.79. The van der Waals surface area contributed by atoms with Crippen LogP contribution in [0.4, 0.5) is 19.1 Å². The molecule has 3 aromatic heterocycles. The van der Waals surface area contributed by atoms with Crippen LogP contribution in [0, 0.1) is 0 Å². The third-order valence-electron chi connectivity index (χ3n) is 5.57. The molecule has 3 heterocycles. The third kappa shape index (κ3) is 4.37. The smallest absolute Gasteiger partial charge is 0.406 e. The first-order chi connectivity index (χ1) is 15.4. The molecule has 1 aromatic carbocycles. The molecule has 0 amide bonds. The summed E-state index contributed by atoms with van der Waals surface area (Å²) < 4.78 is 41.1. The van der Waals surface area contributed by atoms with Crippen LogP contribution in [-0.2, 0) is 0 Å². The van der Waals surface area contributed by atoms with Crippen LogP contribution in [0.25, 0.3) is 33.4 Å². The fourth-order valence-electron chi connectivity index (χ4n) is 4.05. The normalized spacial score (nSPS) is 14.7. The van der Waals surface area contributed by atoms with Crippen LogP contribution in [0.1, 0.15) is 25.7 Å². The molecule has 0 aliphatic heterocycles. The molecule has 5 rings (SSSR count). The zero-order valence-electron chi connectivity index (χ0n) is 17.0. The molecule has 0 radical (unpaired) electrons. The molecule has 0 spiro atoms. The molecule has 1 fully saturated rings. The number of nitrogens with zero attached hydrogens (tertiary/aromatic N) is 3. The van der Waals surface area contributed by atoms with Crippen LogP contribution < -0.4 is 10.1 Å². The summed E-state index contributed by atoms with van der Waals surface area (Å²) in [4.78, 5) is 16.7. The van der Waals surface area contributed by atoms with Gasteiger partial charge in [0.1, 0.15) is 11.4 Å². The van der Waals surface area contributed by atoms with Gasteiger partial charge in [0, 0.05) is 41.1 Å². The second-order valence-electron chi connectivity index (χ2n) is 7.79. The molecular formula is C23H20F3N5O. The number of anilines is 1. The van der Waals surface area contributed by atoms with E-state index in [4.69, 9.17) is 0 Å². The standard InChI is InChI=1S/C23H20F3N5O/c24-23(25,26)32-17-7-5-14(6-8-17)15-11-18-19(13-29-21(18)28-12-15)20-9-10-27-22(31-20)30-16-3-1-2-4-16/h5-13,16H,1-4H2,(H,28,29)(H,27,30,31). The Morgan fingerprint density at radius 2 is 1.78 bits per heavy atom. The molecule has 1 aliphatic carbocycles. The maximum Gasteiger partial charge on any atom is 0.573 e. The van der Waals surface area contributed by atoms with Crippen LogP contribution in [0.3, 0.4) is 0 Å². The number of ether oxygens (including phenoxy) is 1. The lowest BCUT2D eigenvalue weighted by atomic mass is 10.0. The van der Waals surface area contributed by atoms with Crippen LogP contribution in [-0.4, -0.2) is 32.3 Å². The monoisotopic (exact) mass is 439 g/mol. The molecule has 1 saturated carbocycles. The minimum Gasteiger partial charge on any atom is -0.406 e. The summed E-state index contributed by atoms with van der Waals surface area (Å²) in [6.07, 6.45) is 5.23. The number of fused-ring (bicyclic) bond motifs is 1. The van der Waals surface area contributed by atoms with Crippen LogP contribution in [0.2, 0.25) is 0 Å². The van der Waals surface area contributed by atoms with E-state index in [9.17, 15) is 13.2 Å². The van der Waals surface area contributed by atoms with Gasteiger partial charge >= 0.3 is 6.36 Å². The van der Waals surface area contributed by atoms with Crippen molar-refractivity contribution in [3.63, 3.8) is 0 Å². The summed E-state index contributed by atoms with van der Waals surface area (Å²) >= 11 is 0. The summed E-state index contributed by atoms with van der Waals surface area (Å²) in [5.41, 5.74) is 3.84. The summed E-state index contributed by atoms with van der Waals surface area (Å²) in [6.45, 7) is 0. The van der Waals surface area contributed by atoms with Gasteiger partial charge in [0.25, 0.3) is 0 Å². The summed E-state index contributed by atoms with van der Waals surface area (Å²) in [5, 5.41) is 4.27. The van der Waals surface area contributed by atoms with Gasteiger partial charge in [-0.25, -0.2) is 15.0 Å². The Balaban J connectivity index is 1.44. The van der Waals surface area contributed by atoms with Gasteiger partial charge < -0.3 is 15.0 Å². The number of benzene rings is 1. The molecule has 164 valence electrons. The van der Waals surface area contributed by atoms with Gasteiger partial charge in [-0.2, -0.15) is 0 Å². The van der Waals surface area contributed by atoms with E-state index in [-0.39, 0.29) is 5.75 Å². The zero-order chi connectivity index (χ0) is 22.1. The maximum absolute atomic E-state index is 12.4. The number of rotatable bonds is 5. The molecule has 0 unspecified atom stereocenters. The average molecular weight is 439 g/mol. The first-order valence-corrected chi connectivity index (χ1v) is 10.4. The molecule has 4 aromatic rings.